The second-order valence-electron chi connectivity index (χ2n) is 6.03. The third kappa shape index (κ3) is 4.67. The molecule has 0 saturated heterocycles. The summed E-state index contributed by atoms with van der Waals surface area (Å²) in [7, 11) is -2.70. The first-order chi connectivity index (χ1) is 12.6. The van der Waals surface area contributed by atoms with Gasteiger partial charge in [-0.2, -0.15) is 0 Å². The van der Waals surface area contributed by atoms with Gasteiger partial charge in [0.15, 0.2) is 11.6 Å². The Bertz CT molecular complexity index is 964. The number of rotatable bonds is 6. The van der Waals surface area contributed by atoms with E-state index < -0.39 is 38.9 Å². The van der Waals surface area contributed by atoms with Crippen molar-refractivity contribution in [2.45, 2.75) is 31.2 Å². The summed E-state index contributed by atoms with van der Waals surface area (Å²) in [5.41, 5.74) is -0.515. The molecular weight excluding hydrogens is 381 g/mol. The first-order valence-electron chi connectivity index (χ1n) is 8.11. The molecule has 1 atom stereocenters. The molecule has 27 heavy (non-hydrogen) atoms. The number of carbonyl (C=O) groups excluding carboxylic acids is 1. The van der Waals surface area contributed by atoms with Crippen LogP contribution in [0.5, 0.6) is 0 Å². The van der Waals surface area contributed by atoms with Crippen LogP contribution >= 0.6 is 0 Å². The maximum Gasteiger partial charge on any atom is 0.261 e. The van der Waals surface area contributed by atoms with Gasteiger partial charge in [0.2, 0.25) is 10.0 Å². The maximum absolute atomic E-state index is 14.2. The predicted octanol–water partition coefficient (Wildman–Crippen LogP) is 3.46. The molecule has 0 bridgehead atoms. The molecule has 1 amide bonds. The van der Waals surface area contributed by atoms with Crippen molar-refractivity contribution in [3.8, 4) is 0 Å². The number of amides is 1. The van der Waals surface area contributed by atoms with Crippen molar-refractivity contribution in [3.05, 3.63) is 59.4 Å². The quantitative estimate of drug-likeness (QED) is 0.808. The van der Waals surface area contributed by atoms with Gasteiger partial charge in [0.1, 0.15) is 5.82 Å². The van der Waals surface area contributed by atoms with Gasteiger partial charge in [-0.05, 0) is 43.7 Å². The normalized spacial score (nSPS) is 12.7. The minimum Gasteiger partial charge on any atom is -0.311 e. The van der Waals surface area contributed by atoms with E-state index in [-0.39, 0.29) is 16.6 Å². The zero-order valence-corrected chi connectivity index (χ0v) is 15.8. The predicted molar refractivity (Wildman–Crippen MR) is 95.6 cm³/mol. The molecule has 0 heterocycles. The zero-order valence-electron chi connectivity index (χ0n) is 15.0. The number of hydrogen-bond donors (Lipinski definition) is 1. The third-order valence-electron chi connectivity index (χ3n) is 4.04. The van der Waals surface area contributed by atoms with E-state index in [1.54, 1.807) is 13.8 Å². The lowest BCUT2D eigenvalue weighted by Crippen LogP contribution is -2.32. The summed E-state index contributed by atoms with van der Waals surface area (Å²) < 4.78 is 67.7. The Morgan fingerprint density at radius 3 is 2.30 bits per heavy atom. The average molecular weight is 400 g/mol. The molecule has 2 rings (SSSR count). The number of nitrogens with zero attached hydrogens (tertiary/aromatic N) is 1. The van der Waals surface area contributed by atoms with Crippen molar-refractivity contribution in [1.29, 1.82) is 0 Å². The molecule has 1 N–H and O–H groups in total. The summed E-state index contributed by atoms with van der Waals surface area (Å²) in [5, 5.41) is 0. The van der Waals surface area contributed by atoms with Crippen LogP contribution in [-0.4, -0.2) is 27.4 Å². The van der Waals surface area contributed by atoms with E-state index in [2.05, 4.69) is 4.72 Å². The highest BCUT2D eigenvalue weighted by atomic mass is 32.2. The van der Waals surface area contributed by atoms with Crippen LogP contribution in [0.4, 0.5) is 18.9 Å². The van der Waals surface area contributed by atoms with Gasteiger partial charge in [-0.15, -0.1) is 0 Å². The zero-order chi connectivity index (χ0) is 20.4. The van der Waals surface area contributed by atoms with E-state index in [4.69, 9.17) is 0 Å². The van der Waals surface area contributed by atoms with Crippen LogP contribution < -0.4 is 9.62 Å². The fourth-order valence-electron chi connectivity index (χ4n) is 2.24. The fraction of sp³-hybridized carbons (Fsp3) is 0.278. The molecule has 0 aromatic heterocycles. The van der Waals surface area contributed by atoms with Crippen molar-refractivity contribution in [3.63, 3.8) is 0 Å². The number of anilines is 1. The largest absolute Gasteiger partial charge is 0.311 e. The molecule has 0 aliphatic rings. The van der Waals surface area contributed by atoms with E-state index in [1.165, 1.54) is 7.05 Å². The monoisotopic (exact) mass is 400 g/mol. The van der Waals surface area contributed by atoms with Crippen LogP contribution in [0.1, 0.15) is 30.6 Å². The highest BCUT2D eigenvalue weighted by molar-refractivity contribution is 7.89. The molecule has 2 aromatic rings. The Morgan fingerprint density at radius 1 is 1.07 bits per heavy atom. The van der Waals surface area contributed by atoms with E-state index in [1.807, 2.05) is 0 Å². The molecular formula is C18H19F3N2O3S. The number of carbonyl (C=O) groups is 1. The molecule has 0 spiro atoms. The van der Waals surface area contributed by atoms with Gasteiger partial charge < -0.3 is 4.90 Å². The highest BCUT2D eigenvalue weighted by Crippen LogP contribution is 2.22. The Hall–Kier alpha value is -2.39. The molecule has 5 nitrogen and oxygen atoms in total. The van der Waals surface area contributed by atoms with E-state index in [0.29, 0.717) is 6.42 Å². The first-order valence-corrected chi connectivity index (χ1v) is 9.60. The molecule has 0 fully saturated rings. The molecule has 9 heteroatoms. The Morgan fingerprint density at radius 2 is 1.70 bits per heavy atom. The summed E-state index contributed by atoms with van der Waals surface area (Å²) in [6.45, 7) is 3.47. The summed E-state index contributed by atoms with van der Waals surface area (Å²) in [5.74, 6) is -4.09. The molecule has 2 aromatic carbocycles. The fourth-order valence-corrected chi connectivity index (χ4v) is 3.60. The SMILES string of the molecule is CC[C@@H](C)NS(=O)(=O)c1ccc(F)c(C(=O)N(C)c2ccc(F)c(F)c2)c1. The summed E-state index contributed by atoms with van der Waals surface area (Å²) >= 11 is 0. The summed E-state index contributed by atoms with van der Waals surface area (Å²) in [6.07, 6.45) is 0.547. The first kappa shape index (κ1) is 20.9. The topological polar surface area (TPSA) is 66.5 Å². The summed E-state index contributed by atoms with van der Waals surface area (Å²) in [6, 6.07) is 5.27. The van der Waals surface area contributed by atoms with Crippen molar-refractivity contribution in [2.24, 2.45) is 0 Å². The second-order valence-corrected chi connectivity index (χ2v) is 7.75. The smallest absolute Gasteiger partial charge is 0.261 e. The number of halogens is 3. The number of sulfonamides is 1. The molecule has 0 unspecified atom stereocenters. The lowest BCUT2D eigenvalue weighted by Gasteiger charge is -2.19. The van der Waals surface area contributed by atoms with Crippen molar-refractivity contribution in [2.75, 3.05) is 11.9 Å². The van der Waals surface area contributed by atoms with Gasteiger partial charge in [-0.1, -0.05) is 6.92 Å². The average Bonchev–Trinajstić information content (AvgIpc) is 2.62. The van der Waals surface area contributed by atoms with E-state index >= 15 is 0 Å². The van der Waals surface area contributed by atoms with E-state index in [9.17, 15) is 26.4 Å². The third-order valence-corrected chi connectivity index (χ3v) is 5.63. The van der Waals surface area contributed by atoms with E-state index in [0.717, 1.165) is 41.3 Å². The lowest BCUT2D eigenvalue weighted by molar-refractivity contribution is 0.0989. The van der Waals surface area contributed by atoms with Crippen LogP contribution in [0.3, 0.4) is 0 Å². The number of benzene rings is 2. The Labute approximate surface area is 155 Å². The highest BCUT2D eigenvalue weighted by Gasteiger charge is 2.23. The van der Waals surface area contributed by atoms with Gasteiger partial charge in [-0.3, -0.25) is 4.79 Å². The van der Waals surface area contributed by atoms with Crippen molar-refractivity contribution < 1.29 is 26.4 Å². The van der Waals surface area contributed by atoms with Gasteiger partial charge in [0.25, 0.3) is 5.91 Å². The van der Waals surface area contributed by atoms with Crippen LogP contribution in [0, 0.1) is 17.5 Å². The summed E-state index contributed by atoms with van der Waals surface area (Å²) in [4.78, 5) is 13.2. The van der Waals surface area contributed by atoms with Gasteiger partial charge in [0.05, 0.1) is 10.5 Å². The van der Waals surface area contributed by atoms with Crippen LogP contribution in [-0.2, 0) is 10.0 Å². The Kier molecular flexibility index (Phi) is 6.27. The van der Waals surface area contributed by atoms with Gasteiger partial charge in [0, 0.05) is 24.8 Å². The lowest BCUT2D eigenvalue weighted by atomic mass is 10.1. The minimum absolute atomic E-state index is 0.00992. The minimum atomic E-state index is -3.94. The molecule has 0 saturated carbocycles. The van der Waals surface area contributed by atoms with Crippen molar-refractivity contribution in [1.82, 2.24) is 4.72 Å². The number of hydrogen-bond acceptors (Lipinski definition) is 3. The van der Waals surface area contributed by atoms with Gasteiger partial charge >= 0.3 is 0 Å². The van der Waals surface area contributed by atoms with Crippen LogP contribution in [0.2, 0.25) is 0 Å². The molecule has 0 radical (unpaired) electrons. The standard InChI is InChI=1S/C18H19F3N2O3S/c1-4-11(2)22-27(25,26)13-6-8-15(19)14(10-13)18(24)23(3)12-5-7-16(20)17(21)9-12/h5-11,22H,4H2,1-3H3/t11-/m1/s1. The van der Waals surface area contributed by atoms with Crippen molar-refractivity contribution >= 4 is 21.6 Å². The molecule has 146 valence electrons. The van der Waals surface area contributed by atoms with Crippen LogP contribution in [0.15, 0.2) is 41.3 Å². The van der Waals surface area contributed by atoms with Crippen LogP contribution in [0.25, 0.3) is 0 Å². The molecule has 0 aliphatic heterocycles. The maximum atomic E-state index is 14.2. The van der Waals surface area contributed by atoms with Gasteiger partial charge in [-0.25, -0.2) is 26.3 Å². The Balaban J connectivity index is 2.40. The molecule has 0 aliphatic carbocycles. The number of nitrogens with one attached hydrogen (secondary N) is 1. The second kappa shape index (κ2) is 8.10.